The predicted molar refractivity (Wildman–Crippen MR) is 142 cm³/mol. The Balaban J connectivity index is 1.77. The third kappa shape index (κ3) is 4.91. The molecule has 190 valence electrons. The third-order valence-electron chi connectivity index (χ3n) is 6.52. The topological polar surface area (TPSA) is 87.2 Å². The van der Waals surface area contributed by atoms with Crippen LogP contribution in [0.3, 0.4) is 0 Å². The Hall–Kier alpha value is -3.52. The van der Waals surface area contributed by atoms with Crippen LogP contribution in [0.1, 0.15) is 33.4 Å². The highest BCUT2D eigenvalue weighted by Crippen LogP contribution is 2.39. The molecule has 0 radical (unpaired) electrons. The van der Waals surface area contributed by atoms with Gasteiger partial charge in [-0.25, -0.2) is 8.42 Å². The molecule has 0 saturated carbocycles. The molecule has 0 unspecified atom stereocenters. The summed E-state index contributed by atoms with van der Waals surface area (Å²) in [5.41, 5.74) is 6.51. The lowest BCUT2D eigenvalue weighted by molar-refractivity contribution is -0.135. The fraction of sp³-hybridized carbons (Fsp3) is 0.321. The average molecular weight is 509 g/mol. The van der Waals surface area contributed by atoms with Gasteiger partial charge in [-0.05, 0) is 80.6 Å². The van der Waals surface area contributed by atoms with Crippen molar-refractivity contribution in [3.8, 4) is 5.75 Å². The van der Waals surface area contributed by atoms with Crippen LogP contribution >= 0.6 is 0 Å². The lowest BCUT2D eigenvalue weighted by atomic mass is 10.1. The van der Waals surface area contributed by atoms with Crippen molar-refractivity contribution in [3.63, 3.8) is 0 Å². The van der Waals surface area contributed by atoms with Gasteiger partial charge in [-0.3, -0.25) is 9.10 Å². The first-order chi connectivity index (χ1) is 17.0. The summed E-state index contributed by atoms with van der Waals surface area (Å²) >= 11 is 0. The van der Waals surface area contributed by atoms with Crippen molar-refractivity contribution in [2.45, 2.75) is 45.6 Å². The number of nitrogens with zero attached hydrogens (tertiary/aromatic N) is 2. The molecule has 1 heterocycles. The SMILES string of the molecule is COc1cc(C)cc(CN2CCc3c2cccc3N(CC(=O)O)S(=O)(=O)c2c(C)cc(C)cc2C)c1. The molecular weight excluding hydrogens is 476 g/mol. The molecule has 0 saturated heterocycles. The van der Waals surface area contributed by atoms with Gasteiger partial charge in [0.15, 0.2) is 0 Å². The second-order valence-electron chi connectivity index (χ2n) is 9.44. The molecule has 0 aliphatic carbocycles. The highest BCUT2D eigenvalue weighted by molar-refractivity contribution is 7.93. The average Bonchev–Trinajstić information content (AvgIpc) is 3.19. The number of rotatable bonds is 8. The molecule has 7 nitrogen and oxygen atoms in total. The highest BCUT2D eigenvalue weighted by Gasteiger charge is 2.34. The molecule has 0 aromatic heterocycles. The minimum absolute atomic E-state index is 0.161. The Morgan fingerprint density at radius 1 is 1.03 bits per heavy atom. The van der Waals surface area contributed by atoms with E-state index in [0.29, 0.717) is 36.3 Å². The van der Waals surface area contributed by atoms with Crippen LogP contribution in [-0.2, 0) is 27.8 Å². The molecule has 0 atom stereocenters. The summed E-state index contributed by atoms with van der Waals surface area (Å²) in [7, 11) is -2.48. The summed E-state index contributed by atoms with van der Waals surface area (Å²) in [5, 5.41) is 9.68. The van der Waals surface area contributed by atoms with Gasteiger partial charge >= 0.3 is 5.97 Å². The van der Waals surface area contributed by atoms with Crippen LogP contribution in [0.25, 0.3) is 0 Å². The zero-order valence-corrected chi connectivity index (χ0v) is 22.1. The van der Waals surface area contributed by atoms with E-state index in [1.807, 2.05) is 44.2 Å². The van der Waals surface area contributed by atoms with Crippen molar-refractivity contribution in [2.75, 3.05) is 29.4 Å². The first-order valence-electron chi connectivity index (χ1n) is 11.8. The van der Waals surface area contributed by atoms with Gasteiger partial charge in [-0.15, -0.1) is 0 Å². The number of hydrogen-bond acceptors (Lipinski definition) is 5. The fourth-order valence-electron chi connectivity index (χ4n) is 5.24. The van der Waals surface area contributed by atoms with Crippen LogP contribution in [0.15, 0.2) is 53.4 Å². The maximum Gasteiger partial charge on any atom is 0.324 e. The van der Waals surface area contributed by atoms with Crippen molar-refractivity contribution in [1.82, 2.24) is 0 Å². The number of methoxy groups -OCH3 is 1. The number of carboxylic acids is 1. The summed E-state index contributed by atoms with van der Waals surface area (Å²) in [6.45, 7) is 8.11. The van der Waals surface area contributed by atoms with Crippen LogP contribution in [0.4, 0.5) is 11.4 Å². The Labute approximate surface area is 213 Å². The molecule has 1 N–H and O–H groups in total. The van der Waals surface area contributed by atoms with E-state index in [1.54, 1.807) is 33.1 Å². The Morgan fingerprint density at radius 2 is 1.69 bits per heavy atom. The number of carboxylic acid groups (broad SMARTS) is 1. The third-order valence-corrected chi connectivity index (χ3v) is 8.59. The number of sulfonamides is 1. The number of ether oxygens (including phenoxy) is 1. The van der Waals surface area contributed by atoms with E-state index in [2.05, 4.69) is 11.0 Å². The van der Waals surface area contributed by atoms with Crippen LogP contribution < -0.4 is 13.9 Å². The molecule has 1 aliphatic heterocycles. The Bertz CT molecular complexity index is 1410. The minimum Gasteiger partial charge on any atom is -0.497 e. The molecule has 0 fully saturated rings. The second kappa shape index (κ2) is 9.85. The summed E-state index contributed by atoms with van der Waals surface area (Å²) in [6.07, 6.45) is 0.617. The van der Waals surface area contributed by atoms with E-state index >= 15 is 0 Å². The monoisotopic (exact) mass is 508 g/mol. The lowest BCUT2D eigenvalue weighted by Crippen LogP contribution is -2.37. The molecule has 1 aliphatic rings. The van der Waals surface area contributed by atoms with Crippen LogP contribution in [0, 0.1) is 27.7 Å². The van der Waals surface area contributed by atoms with Gasteiger partial charge in [0.1, 0.15) is 12.3 Å². The van der Waals surface area contributed by atoms with Gasteiger partial charge in [0.25, 0.3) is 10.0 Å². The zero-order valence-electron chi connectivity index (χ0n) is 21.3. The first-order valence-corrected chi connectivity index (χ1v) is 13.3. The quantitative estimate of drug-likeness (QED) is 0.472. The van der Waals surface area contributed by atoms with Gasteiger partial charge in [0.05, 0.1) is 17.7 Å². The number of benzene rings is 3. The minimum atomic E-state index is -4.12. The first kappa shape index (κ1) is 25.6. The van der Waals surface area contributed by atoms with E-state index in [1.165, 1.54) is 0 Å². The number of carbonyl (C=O) groups is 1. The van der Waals surface area contributed by atoms with Crippen molar-refractivity contribution in [1.29, 1.82) is 0 Å². The van der Waals surface area contributed by atoms with Gasteiger partial charge in [-0.1, -0.05) is 29.8 Å². The number of aliphatic carboxylic acids is 1. The van der Waals surface area contributed by atoms with Crippen molar-refractivity contribution in [2.24, 2.45) is 0 Å². The van der Waals surface area contributed by atoms with E-state index in [9.17, 15) is 18.3 Å². The van der Waals surface area contributed by atoms with Crippen LogP contribution in [0.2, 0.25) is 0 Å². The predicted octanol–water partition coefficient (Wildman–Crippen LogP) is 4.77. The molecule has 3 aromatic carbocycles. The molecule has 3 aromatic rings. The van der Waals surface area contributed by atoms with Gasteiger partial charge in [-0.2, -0.15) is 0 Å². The van der Waals surface area contributed by atoms with Gasteiger partial charge in [0, 0.05) is 24.3 Å². The molecule has 8 heteroatoms. The summed E-state index contributed by atoms with van der Waals surface area (Å²) in [5.74, 6) is -0.416. The maximum atomic E-state index is 13.9. The molecule has 0 spiro atoms. The van der Waals surface area contributed by atoms with E-state index in [-0.39, 0.29) is 4.90 Å². The smallest absolute Gasteiger partial charge is 0.324 e. The standard InChI is InChI=1S/C28H32N2O5S/c1-18-11-20(3)28(21(4)12-18)36(33,34)30(17-27(31)32)26-8-6-7-25-24(26)9-10-29(25)16-22-13-19(2)14-23(15-22)35-5/h6-8,11-15H,9-10,16-17H2,1-5H3,(H,31,32). The van der Waals surface area contributed by atoms with Crippen molar-refractivity contribution < 1.29 is 23.1 Å². The van der Waals surface area contributed by atoms with Crippen LogP contribution in [0.5, 0.6) is 5.75 Å². The fourth-order valence-corrected chi connectivity index (χ4v) is 7.10. The highest BCUT2D eigenvalue weighted by atomic mass is 32.2. The molecule has 4 rings (SSSR count). The number of fused-ring (bicyclic) bond motifs is 1. The summed E-state index contributed by atoms with van der Waals surface area (Å²) in [6, 6.07) is 15.2. The Kier molecular flexibility index (Phi) is 7.00. The molecule has 0 bridgehead atoms. The largest absolute Gasteiger partial charge is 0.497 e. The molecule has 36 heavy (non-hydrogen) atoms. The zero-order chi connectivity index (χ0) is 26.2. The number of hydrogen-bond donors (Lipinski definition) is 1. The normalized spacial score (nSPS) is 13.0. The van der Waals surface area contributed by atoms with Crippen LogP contribution in [-0.4, -0.2) is 39.7 Å². The molecular formula is C28H32N2O5S. The second-order valence-corrected chi connectivity index (χ2v) is 11.2. The Morgan fingerprint density at radius 3 is 2.33 bits per heavy atom. The lowest BCUT2D eigenvalue weighted by Gasteiger charge is -2.27. The molecule has 0 amide bonds. The number of aryl methyl sites for hydroxylation is 4. The van der Waals surface area contributed by atoms with E-state index < -0.39 is 22.5 Å². The summed E-state index contributed by atoms with van der Waals surface area (Å²) in [4.78, 5) is 14.2. The maximum absolute atomic E-state index is 13.9. The van der Waals surface area contributed by atoms with Gasteiger partial charge < -0.3 is 14.7 Å². The van der Waals surface area contributed by atoms with E-state index in [4.69, 9.17) is 4.74 Å². The van der Waals surface area contributed by atoms with E-state index in [0.717, 1.165) is 38.0 Å². The van der Waals surface area contributed by atoms with Gasteiger partial charge in [0.2, 0.25) is 0 Å². The van der Waals surface area contributed by atoms with Crippen molar-refractivity contribution >= 4 is 27.4 Å². The summed E-state index contributed by atoms with van der Waals surface area (Å²) < 4.78 is 34.3. The van der Waals surface area contributed by atoms with Crippen molar-refractivity contribution in [3.05, 3.63) is 81.9 Å². The number of anilines is 2.